The lowest BCUT2D eigenvalue weighted by Gasteiger charge is -2.15. The fourth-order valence-electron chi connectivity index (χ4n) is 1.43. The molecule has 1 aliphatic rings. The van der Waals surface area contributed by atoms with Gasteiger partial charge in [-0.25, -0.2) is 0 Å². The van der Waals surface area contributed by atoms with Crippen molar-refractivity contribution in [3.63, 3.8) is 0 Å². The van der Waals surface area contributed by atoms with Crippen molar-refractivity contribution >= 4 is 34.1 Å². The van der Waals surface area contributed by atoms with Crippen LogP contribution in [0.1, 0.15) is 33.6 Å². The highest BCUT2D eigenvalue weighted by atomic mass is 32.2. The number of carbonyl (C=O) groups excluding carboxylic acids is 1. The van der Waals surface area contributed by atoms with Crippen LogP contribution in [0.5, 0.6) is 0 Å². The average Bonchev–Trinajstić information content (AvgIpc) is 2.87. The van der Waals surface area contributed by atoms with Gasteiger partial charge < -0.3 is 0 Å². The minimum Gasteiger partial charge on any atom is -0.284 e. The second-order valence-corrected chi connectivity index (χ2v) is 6.92. The summed E-state index contributed by atoms with van der Waals surface area (Å²) in [7, 11) is 0. The number of carbonyl (C=O) groups is 1. The van der Waals surface area contributed by atoms with E-state index in [1.807, 2.05) is 0 Å². The van der Waals surface area contributed by atoms with Crippen LogP contribution in [0.4, 0.5) is 5.13 Å². The third-order valence-electron chi connectivity index (χ3n) is 2.19. The van der Waals surface area contributed by atoms with Gasteiger partial charge in [0, 0.05) is 18.2 Å². The van der Waals surface area contributed by atoms with Crippen molar-refractivity contribution in [2.24, 2.45) is 0 Å². The maximum Gasteiger partial charge on any atom is 0.225 e. The molecule has 6 heteroatoms. The Labute approximate surface area is 103 Å². The lowest BCUT2D eigenvalue weighted by molar-refractivity contribution is -0.116. The van der Waals surface area contributed by atoms with Gasteiger partial charge in [0.25, 0.3) is 0 Å². The molecule has 1 aliphatic carbocycles. The summed E-state index contributed by atoms with van der Waals surface area (Å²) >= 11 is 3.20. The van der Waals surface area contributed by atoms with Gasteiger partial charge in [-0.2, -0.15) is 0 Å². The van der Waals surface area contributed by atoms with Crippen molar-refractivity contribution in [2.75, 3.05) is 4.90 Å². The fourth-order valence-corrected chi connectivity index (χ4v) is 3.61. The molecule has 1 heterocycles. The van der Waals surface area contributed by atoms with Gasteiger partial charge in [0.2, 0.25) is 11.0 Å². The Morgan fingerprint density at radius 1 is 1.50 bits per heavy atom. The van der Waals surface area contributed by atoms with E-state index in [0.29, 0.717) is 11.3 Å². The Morgan fingerprint density at radius 2 is 2.19 bits per heavy atom. The van der Waals surface area contributed by atoms with Gasteiger partial charge in [-0.05, 0) is 12.8 Å². The molecule has 0 aromatic carbocycles. The lowest BCUT2D eigenvalue weighted by Crippen LogP contribution is -2.30. The summed E-state index contributed by atoms with van der Waals surface area (Å²) in [5.74, 6) is 0.0692. The molecule has 1 aromatic rings. The topological polar surface area (TPSA) is 46.1 Å². The monoisotopic (exact) mass is 257 g/mol. The van der Waals surface area contributed by atoms with Crippen LogP contribution in [0, 0.1) is 0 Å². The summed E-state index contributed by atoms with van der Waals surface area (Å²) in [6.45, 7) is 5.83. The Bertz CT molecular complexity index is 387. The first kappa shape index (κ1) is 11.9. The molecule has 0 atom stereocenters. The first-order valence-corrected chi connectivity index (χ1v) is 7.07. The second-order valence-electron chi connectivity index (χ2n) is 4.14. The molecule has 1 aromatic heterocycles. The summed E-state index contributed by atoms with van der Waals surface area (Å²) in [4.78, 5) is 13.3. The highest BCUT2D eigenvalue weighted by molar-refractivity contribution is 8.01. The van der Waals surface area contributed by atoms with Crippen molar-refractivity contribution in [3.05, 3.63) is 0 Å². The van der Waals surface area contributed by atoms with Gasteiger partial charge in [0.05, 0.1) is 0 Å². The van der Waals surface area contributed by atoms with Gasteiger partial charge in [-0.3, -0.25) is 9.69 Å². The molecule has 0 unspecified atom stereocenters. The molecule has 1 saturated carbocycles. The van der Waals surface area contributed by atoms with Crippen molar-refractivity contribution in [1.29, 1.82) is 0 Å². The Morgan fingerprint density at radius 3 is 2.69 bits per heavy atom. The maximum atomic E-state index is 11.5. The molecule has 0 saturated heterocycles. The van der Waals surface area contributed by atoms with Crippen molar-refractivity contribution < 1.29 is 4.79 Å². The van der Waals surface area contributed by atoms with Gasteiger partial charge in [0.1, 0.15) is 0 Å². The molecule has 0 spiro atoms. The van der Waals surface area contributed by atoms with Crippen molar-refractivity contribution in [3.8, 4) is 0 Å². The minimum atomic E-state index is 0.0692. The molecule has 88 valence electrons. The van der Waals surface area contributed by atoms with E-state index in [4.69, 9.17) is 0 Å². The van der Waals surface area contributed by atoms with Crippen LogP contribution in [0.3, 0.4) is 0 Å². The molecule has 1 fully saturated rings. The summed E-state index contributed by atoms with van der Waals surface area (Å²) in [5, 5.41) is 9.45. The van der Waals surface area contributed by atoms with E-state index in [-0.39, 0.29) is 5.91 Å². The summed E-state index contributed by atoms with van der Waals surface area (Å²) in [6, 6.07) is 0.363. The predicted molar refractivity (Wildman–Crippen MR) is 67.1 cm³/mol. The number of rotatable bonds is 4. The van der Waals surface area contributed by atoms with E-state index in [9.17, 15) is 4.79 Å². The zero-order valence-corrected chi connectivity index (χ0v) is 11.3. The number of nitrogens with zero attached hydrogens (tertiary/aromatic N) is 3. The van der Waals surface area contributed by atoms with Crippen LogP contribution in [0.25, 0.3) is 0 Å². The molecule has 0 N–H and O–H groups in total. The molecular formula is C10H15N3OS2. The summed E-state index contributed by atoms with van der Waals surface area (Å²) in [5.41, 5.74) is 0. The third-order valence-corrected chi connectivity index (χ3v) is 4.20. The Kier molecular flexibility index (Phi) is 3.49. The molecule has 0 radical (unpaired) electrons. The smallest absolute Gasteiger partial charge is 0.225 e. The van der Waals surface area contributed by atoms with Crippen LogP contribution < -0.4 is 4.90 Å². The van der Waals surface area contributed by atoms with Gasteiger partial charge in [-0.1, -0.05) is 36.9 Å². The Hall–Kier alpha value is -0.620. The molecule has 2 rings (SSSR count). The van der Waals surface area contributed by atoms with Gasteiger partial charge in [0.15, 0.2) is 4.34 Å². The average molecular weight is 257 g/mol. The van der Waals surface area contributed by atoms with Gasteiger partial charge >= 0.3 is 0 Å². The van der Waals surface area contributed by atoms with Crippen LogP contribution in [0.2, 0.25) is 0 Å². The van der Waals surface area contributed by atoms with Crippen molar-refractivity contribution in [2.45, 2.75) is 49.2 Å². The van der Waals surface area contributed by atoms with Crippen molar-refractivity contribution in [1.82, 2.24) is 10.2 Å². The van der Waals surface area contributed by atoms with Crippen LogP contribution in [-0.4, -0.2) is 27.4 Å². The van der Waals surface area contributed by atoms with E-state index in [1.165, 1.54) is 11.3 Å². The zero-order valence-electron chi connectivity index (χ0n) is 9.64. The quantitative estimate of drug-likeness (QED) is 0.614. The fraction of sp³-hybridized carbons (Fsp3) is 0.700. The molecule has 16 heavy (non-hydrogen) atoms. The normalized spacial score (nSPS) is 15.5. The number of thioether (sulfide) groups is 1. The van der Waals surface area contributed by atoms with Gasteiger partial charge in [-0.15, -0.1) is 10.2 Å². The molecule has 4 nitrogen and oxygen atoms in total. The highest BCUT2D eigenvalue weighted by Gasteiger charge is 2.34. The minimum absolute atomic E-state index is 0.0692. The maximum absolute atomic E-state index is 11.5. The Balaban J connectivity index is 2.12. The second kappa shape index (κ2) is 4.71. The third kappa shape index (κ3) is 2.74. The van der Waals surface area contributed by atoms with E-state index in [0.717, 1.165) is 22.3 Å². The number of anilines is 1. The van der Waals surface area contributed by atoms with E-state index in [1.54, 1.807) is 23.6 Å². The van der Waals surface area contributed by atoms with E-state index < -0.39 is 0 Å². The zero-order chi connectivity index (χ0) is 11.7. The lowest BCUT2D eigenvalue weighted by atomic mass is 10.5. The van der Waals surface area contributed by atoms with Crippen LogP contribution >= 0.6 is 23.1 Å². The number of hydrogen-bond donors (Lipinski definition) is 0. The standard InChI is InChI=1S/C10H15N3OS2/c1-6(2)15-10-12-11-9(16-10)13(7(3)14)8-4-5-8/h6,8H,4-5H2,1-3H3. The van der Waals surface area contributed by atoms with Crippen LogP contribution in [-0.2, 0) is 4.79 Å². The highest BCUT2D eigenvalue weighted by Crippen LogP contribution is 2.36. The van der Waals surface area contributed by atoms with Crippen LogP contribution in [0.15, 0.2) is 4.34 Å². The molecule has 0 bridgehead atoms. The number of hydrogen-bond acceptors (Lipinski definition) is 5. The molecule has 0 aliphatic heterocycles. The van der Waals surface area contributed by atoms with E-state index >= 15 is 0 Å². The first-order valence-electron chi connectivity index (χ1n) is 5.38. The number of amides is 1. The molecular weight excluding hydrogens is 242 g/mol. The summed E-state index contributed by atoms with van der Waals surface area (Å²) in [6.07, 6.45) is 2.18. The first-order chi connectivity index (χ1) is 7.58. The van der Waals surface area contributed by atoms with E-state index in [2.05, 4.69) is 24.0 Å². The molecule has 1 amide bonds. The largest absolute Gasteiger partial charge is 0.284 e. The predicted octanol–water partition coefficient (Wildman–Crippen LogP) is 2.55. The number of aromatic nitrogens is 2. The SMILES string of the molecule is CC(=O)N(c1nnc(SC(C)C)s1)C1CC1. The summed E-state index contributed by atoms with van der Waals surface area (Å²) < 4.78 is 0.942.